The van der Waals surface area contributed by atoms with Gasteiger partial charge in [0.15, 0.2) is 5.78 Å². The third-order valence-corrected chi connectivity index (χ3v) is 3.05. The Bertz CT molecular complexity index is 427. The second kappa shape index (κ2) is 4.60. The molecule has 0 spiro atoms. The Kier molecular flexibility index (Phi) is 3.82. The fourth-order valence-electron chi connectivity index (χ4n) is 1.30. The first-order valence-corrected chi connectivity index (χ1v) is 5.31. The van der Waals surface area contributed by atoms with E-state index < -0.39 is 17.5 Å². The second-order valence-corrected chi connectivity index (χ2v) is 4.14. The predicted octanol–water partition coefficient (Wildman–Crippen LogP) is 3.52. The van der Waals surface area contributed by atoms with Crippen LogP contribution in [0, 0.1) is 3.57 Å². The molecule has 0 aromatic heterocycles. The van der Waals surface area contributed by atoms with Crippen molar-refractivity contribution in [1.29, 1.82) is 0 Å². The molecule has 0 aliphatic heterocycles. The number of ketones is 1. The minimum Gasteiger partial charge on any atom is -0.496 e. The SMILES string of the molecule is COc1ccc(C(F)(F)F)c(C(C)=O)c1I. The average molecular weight is 344 g/mol. The van der Waals surface area contributed by atoms with Crippen LogP contribution in [0.1, 0.15) is 22.8 Å². The van der Waals surface area contributed by atoms with E-state index >= 15 is 0 Å². The van der Waals surface area contributed by atoms with Gasteiger partial charge in [-0.2, -0.15) is 13.2 Å². The Labute approximate surface area is 104 Å². The number of halogens is 4. The number of methoxy groups -OCH3 is 1. The monoisotopic (exact) mass is 344 g/mol. The molecule has 16 heavy (non-hydrogen) atoms. The molecule has 0 bridgehead atoms. The van der Waals surface area contributed by atoms with Gasteiger partial charge in [0.25, 0.3) is 0 Å². The summed E-state index contributed by atoms with van der Waals surface area (Å²) in [5.74, 6) is -0.366. The minimum atomic E-state index is -4.53. The Morgan fingerprint density at radius 3 is 2.31 bits per heavy atom. The first kappa shape index (κ1) is 13.3. The minimum absolute atomic E-state index is 0.183. The van der Waals surface area contributed by atoms with E-state index in [0.29, 0.717) is 0 Å². The van der Waals surface area contributed by atoms with Crippen molar-refractivity contribution in [3.63, 3.8) is 0 Å². The third kappa shape index (κ3) is 2.47. The maximum Gasteiger partial charge on any atom is 0.417 e. The zero-order valence-corrected chi connectivity index (χ0v) is 10.6. The van der Waals surface area contributed by atoms with Crippen LogP contribution in [0.5, 0.6) is 5.75 Å². The molecule has 88 valence electrons. The molecule has 0 amide bonds. The van der Waals surface area contributed by atoms with E-state index in [1.165, 1.54) is 13.2 Å². The van der Waals surface area contributed by atoms with E-state index in [9.17, 15) is 18.0 Å². The molecule has 0 saturated heterocycles. The summed E-state index contributed by atoms with van der Waals surface area (Å²) in [6.07, 6.45) is -4.53. The summed E-state index contributed by atoms with van der Waals surface area (Å²) in [5.41, 5.74) is -1.27. The third-order valence-electron chi connectivity index (χ3n) is 1.98. The van der Waals surface area contributed by atoms with Crippen molar-refractivity contribution in [3.05, 3.63) is 26.8 Å². The summed E-state index contributed by atoms with van der Waals surface area (Å²) in [5, 5.41) is 0. The van der Waals surface area contributed by atoms with Gasteiger partial charge in [-0.05, 0) is 41.6 Å². The van der Waals surface area contributed by atoms with Crippen molar-refractivity contribution in [2.75, 3.05) is 7.11 Å². The van der Waals surface area contributed by atoms with Crippen molar-refractivity contribution in [1.82, 2.24) is 0 Å². The van der Waals surface area contributed by atoms with Gasteiger partial charge in [0, 0.05) is 5.56 Å². The Morgan fingerprint density at radius 1 is 1.38 bits per heavy atom. The molecule has 0 saturated carbocycles. The quantitative estimate of drug-likeness (QED) is 0.606. The number of carbonyl (C=O) groups is 1. The van der Waals surface area contributed by atoms with Gasteiger partial charge in [-0.3, -0.25) is 4.79 Å². The molecule has 0 heterocycles. The molecule has 0 aliphatic rings. The molecule has 1 rings (SSSR count). The summed E-state index contributed by atoms with van der Waals surface area (Å²) >= 11 is 1.68. The number of rotatable bonds is 2. The molecule has 0 N–H and O–H groups in total. The van der Waals surface area contributed by atoms with Gasteiger partial charge in [0.2, 0.25) is 0 Å². The van der Waals surface area contributed by atoms with E-state index in [0.717, 1.165) is 13.0 Å². The highest BCUT2D eigenvalue weighted by atomic mass is 127. The molecular weight excluding hydrogens is 336 g/mol. The topological polar surface area (TPSA) is 26.3 Å². The van der Waals surface area contributed by atoms with Gasteiger partial charge in [0.05, 0.1) is 16.2 Å². The molecule has 1 aromatic rings. The highest BCUT2D eigenvalue weighted by Gasteiger charge is 2.36. The van der Waals surface area contributed by atoms with Crippen LogP contribution in [0.3, 0.4) is 0 Å². The zero-order valence-electron chi connectivity index (χ0n) is 8.48. The van der Waals surface area contributed by atoms with E-state index in [1.54, 1.807) is 22.6 Å². The number of hydrogen-bond donors (Lipinski definition) is 0. The lowest BCUT2D eigenvalue weighted by Crippen LogP contribution is -2.13. The normalized spacial score (nSPS) is 11.4. The molecule has 0 aliphatic carbocycles. The van der Waals surface area contributed by atoms with E-state index in [2.05, 4.69) is 0 Å². The van der Waals surface area contributed by atoms with Gasteiger partial charge in [-0.1, -0.05) is 0 Å². The molecule has 6 heteroatoms. The lowest BCUT2D eigenvalue weighted by Gasteiger charge is -2.14. The van der Waals surface area contributed by atoms with Gasteiger partial charge >= 0.3 is 6.18 Å². The second-order valence-electron chi connectivity index (χ2n) is 3.06. The summed E-state index contributed by atoms with van der Waals surface area (Å²) in [6.45, 7) is 1.10. The summed E-state index contributed by atoms with van der Waals surface area (Å²) in [4.78, 5) is 11.2. The van der Waals surface area contributed by atoms with Crippen molar-refractivity contribution < 1.29 is 22.7 Å². The standard InChI is InChI=1S/C10H8F3IO2/c1-5(15)8-6(10(11,12)13)3-4-7(16-2)9(8)14/h3-4H,1-2H3. The number of carbonyl (C=O) groups excluding carboxylic acids is 1. The fourth-order valence-corrected chi connectivity index (χ4v) is 2.37. The first-order chi connectivity index (χ1) is 7.29. The van der Waals surface area contributed by atoms with Crippen LogP contribution in [0.2, 0.25) is 0 Å². The Morgan fingerprint density at radius 2 is 1.94 bits per heavy atom. The summed E-state index contributed by atoms with van der Waals surface area (Å²) in [7, 11) is 1.34. The number of Topliss-reactive ketones (excluding diaryl/α,β-unsaturated/α-hetero) is 1. The molecule has 1 aromatic carbocycles. The van der Waals surface area contributed by atoms with Crippen LogP contribution in [-0.4, -0.2) is 12.9 Å². The van der Waals surface area contributed by atoms with Crippen LogP contribution < -0.4 is 4.74 Å². The van der Waals surface area contributed by atoms with Crippen LogP contribution in [-0.2, 0) is 6.18 Å². The lowest BCUT2D eigenvalue weighted by atomic mass is 10.0. The number of benzene rings is 1. The highest BCUT2D eigenvalue weighted by molar-refractivity contribution is 14.1. The maximum atomic E-state index is 12.6. The van der Waals surface area contributed by atoms with Gasteiger partial charge in [0.1, 0.15) is 5.75 Å². The van der Waals surface area contributed by atoms with Crippen molar-refractivity contribution in [3.8, 4) is 5.75 Å². The summed E-state index contributed by atoms with van der Waals surface area (Å²) < 4.78 is 42.9. The van der Waals surface area contributed by atoms with Crippen molar-refractivity contribution >= 4 is 28.4 Å². The Balaban J connectivity index is 3.53. The smallest absolute Gasteiger partial charge is 0.417 e. The van der Waals surface area contributed by atoms with Crippen LogP contribution in [0.25, 0.3) is 0 Å². The zero-order chi connectivity index (χ0) is 12.5. The molecule has 0 fully saturated rings. The molecular formula is C10H8F3IO2. The molecule has 0 radical (unpaired) electrons. The van der Waals surface area contributed by atoms with E-state index in [4.69, 9.17) is 4.74 Å². The number of alkyl halides is 3. The van der Waals surface area contributed by atoms with Crippen molar-refractivity contribution in [2.45, 2.75) is 13.1 Å². The largest absolute Gasteiger partial charge is 0.496 e. The first-order valence-electron chi connectivity index (χ1n) is 4.23. The van der Waals surface area contributed by atoms with E-state index in [1.807, 2.05) is 0 Å². The van der Waals surface area contributed by atoms with Crippen LogP contribution >= 0.6 is 22.6 Å². The van der Waals surface area contributed by atoms with Gasteiger partial charge < -0.3 is 4.74 Å². The summed E-state index contributed by atoms with van der Waals surface area (Å²) in [6, 6.07) is 2.06. The predicted molar refractivity (Wildman–Crippen MR) is 60.7 cm³/mol. The van der Waals surface area contributed by atoms with E-state index in [-0.39, 0.29) is 14.9 Å². The number of ether oxygens (including phenoxy) is 1. The highest BCUT2D eigenvalue weighted by Crippen LogP contribution is 2.37. The molecule has 0 unspecified atom stereocenters. The van der Waals surface area contributed by atoms with Gasteiger partial charge in [-0.15, -0.1) is 0 Å². The van der Waals surface area contributed by atoms with Crippen molar-refractivity contribution in [2.24, 2.45) is 0 Å². The van der Waals surface area contributed by atoms with Crippen LogP contribution in [0.15, 0.2) is 12.1 Å². The number of hydrogen-bond acceptors (Lipinski definition) is 2. The maximum absolute atomic E-state index is 12.6. The Hall–Kier alpha value is -0.790. The molecule has 0 atom stereocenters. The lowest BCUT2D eigenvalue weighted by molar-refractivity contribution is -0.138. The average Bonchev–Trinajstić information content (AvgIpc) is 2.15. The van der Waals surface area contributed by atoms with Gasteiger partial charge in [-0.25, -0.2) is 0 Å². The van der Waals surface area contributed by atoms with Crippen LogP contribution in [0.4, 0.5) is 13.2 Å². The molecule has 2 nitrogen and oxygen atoms in total. The fraction of sp³-hybridized carbons (Fsp3) is 0.300.